The lowest BCUT2D eigenvalue weighted by atomic mass is 10.2. The number of nitrogen functional groups attached to an aromatic ring is 1. The maximum Gasteiger partial charge on any atom is 0.231 e. The highest BCUT2D eigenvalue weighted by atomic mass is 35.5. The van der Waals surface area contributed by atoms with Crippen molar-refractivity contribution in [2.24, 2.45) is 0 Å². The second-order valence-corrected chi connectivity index (χ2v) is 3.23. The number of aromatic nitrogens is 1. The van der Waals surface area contributed by atoms with Gasteiger partial charge in [0.2, 0.25) is 17.5 Å². The van der Waals surface area contributed by atoms with Gasteiger partial charge in [0.15, 0.2) is 0 Å². The number of nitrogens with zero attached hydrogens (tertiary/aromatic N) is 2. The minimum atomic E-state index is 0.00687. The van der Waals surface area contributed by atoms with Gasteiger partial charge in [-0.25, -0.2) is 0 Å². The van der Waals surface area contributed by atoms with Crippen molar-refractivity contribution in [2.75, 3.05) is 5.73 Å². The highest BCUT2D eigenvalue weighted by Crippen LogP contribution is 2.28. The molecule has 0 aliphatic carbocycles. The second kappa shape index (κ2) is 3.64. The van der Waals surface area contributed by atoms with E-state index in [1.807, 2.05) is 6.07 Å². The fourth-order valence-electron chi connectivity index (χ4n) is 1.16. The Kier molecular flexibility index (Phi) is 2.32. The lowest BCUT2D eigenvalue weighted by Gasteiger charge is -1.96. The molecule has 0 spiro atoms. The number of nitriles is 1. The summed E-state index contributed by atoms with van der Waals surface area (Å²) in [7, 11) is 0. The Morgan fingerprint density at radius 3 is 2.73 bits per heavy atom. The minimum absolute atomic E-state index is 0.00687. The van der Waals surface area contributed by atoms with E-state index in [1.54, 1.807) is 24.3 Å². The number of oxazole rings is 1. The van der Waals surface area contributed by atoms with E-state index >= 15 is 0 Å². The number of benzene rings is 1. The van der Waals surface area contributed by atoms with E-state index in [2.05, 4.69) is 4.98 Å². The van der Waals surface area contributed by atoms with E-state index in [1.165, 1.54) is 0 Å². The van der Waals surface area contributed by atoms with Crippen LogP contribution >= 0.6 is 11.6 Å². The summed E-state index contributed by atoms with van der Waals surface area (Å²) in [5.74, 6) is 0.266. The van der Waals surface area contributed by atoms with Gasteiger partial charge in [-0.05, 0) is 12.1 Å². The Bertz CT molecular complexity index is 542. The molecule has 0 fully saturated rings. The van der Waals surface area contributed by atoms with Crippen molar-refractivity contribution in [3.05, 3.63) is 35.0 Å². The summed E-state index contributed by atoms with van der Waals surface area (Å²) in [6.07, 6.45) is 0. The molecule has 0 saturated carbocycles. The molecule has 5 heteroatoms. The molecular weight excluding hydrogens is 214 g/mol. The highest BCUT2D eigenvalue weighted by Gasteiger charge is 2.13. The number of anilines is 1. The van der Waals surface area contributed by atoms with Gasteiger partial charge >= 0.3 is 0 Å². The first-order valence-electron chi connectivity index (χ1n) is 4.13. The maximum atomic E-state index is 8.66. The predicted molar refractivity (Wildman–Crippen MR) is 56.1 cm³/mol. The molecule has 1 aromatic heterocycles. The standard InChI is InChI=1S/C10H6ClN3O/c11-7-4-2-1-3-6(7)10-14-8(5-12)9(13)15-10/h1-4H,13H2. The van der Waals surface area contributed by atoms with E-state index in [9.17, 15) is 0 Å². The lowest BCUT2D eigenvalue weighted by Crippen LogP contribution is -1.84. The summed E-state index contributed by atoms with van der Waals surface area (Å²) in [5.41, 5.74) is 6.14. The molecule has 0 unspecified atom stereocenters. The first kappa shape index (κ1) is 9.56. The van der Waals surface area contributed by atoms with Gasteiger partial charge in [-0.15, -0.1) is 0 Å². The molecule has 0 atom stereocenters. The average Bonchev–Trinajstić information content (AvgIpc) is 2.60. The molecule has 2 rings (SSSR count). The van der Waals surface area contributed by atoms with Crippen molar-refractivity contribution in [3.63, 3.8) is 0 Å². The van der Waals surface area contributed by atoms with Crippen LogP contribution in [0.5, 0.6) is 0 Å². The van der Waals surface area contributed by atoms with Gasteiger partial charge in [0, 0.05) is 0 Å². The van der Waals surface area contributed by atoms with Crippen LogP contribution in [0.3, 0.4) is 0 Å². The van der Waals surface area contributed by atoms with Crippen molar-refractivity contribution in [1.29, 1.82) is 5.26 Å². The topological polar surface area (TPSA) is 75.8 Å². The summed E-state index contributed by atoms with van der Waals surface area (Å²) in [5, 5.41) is 9.17. The lowest BCUT2D eigenvalue weighted by molar-refractivity contribution is 0.594. The first-order chi connectivity index (χ1) is 7.22. The van der Waals surface area contributed by atoms with Crippen molar-refractivity contribution < 1.29 is 4.42 Å². The zero-order chi connectivity index (χ0) is 10.8. The molecule has 1 aromatic carbocycles. The fourth-order valence-corrected chi connectivity index (χ4v) is 1.38. The SMILES string of the molecule is N#Cc1nc(-c2ccccc2Cl)oc1N. The quantitative estimate of drug-likeness (QED) is 0.799. The summed E-state index contributed by atoms with van der Waals surface area (Å²) in [6.45, 7) is 0. The molecule has 0 amide bonds. The number of nitrogens with two attached hydrogens (primary N) is 1. The Hall–Kier alpha value is -1.99. The van der Waals surface area contributed by atoms with E-state index in [4.69, 9.17) is 27.0 Å². The average molecular weight is 220 g/mol. The Morgan fingerprint density at radius 1 is 1.40 bits per heavy atom. The van der Waals surface area contributed by atoms with Crippen LogP contribution in [0.1, 0.15) is 5.69 Å². The molecule has 1 heterocycles. The van der Waals surface area contributed by atoms with Gasteiger partial charge in [0.25, 0.3) is 0 Å². The largest absolute Gasteiger partial charge is 0.419 e. The van der Waals surface area contributed by atoms with Crippen LogP contribution in [0, 0.1) is 11.3 Å². The fraction of sp³-hybridized carbons (Fsp3) is 0. The van der Waals surface area contributed by atoms with Crippen molar-refractivity contribution in [2.45, 2.75) is 0 Å². The number of halogens is 1. The van der Waals surface area contributed by atoms with E-state index in [0.717, 1.165) is 0 Å². The molecule has 0 saturated heterocycles. The number of rotatable bonds is 1. The van der Waals surface area contributed by atoms with Gasteiger partial charge in [0.05, 0.1) is 10.6 Å². The van der Waals surface area contributed by atoms with Crippen LogP contribution in [0.2, 0.25) is 5.02 Å². The molecule has 0 radical (unpaired) electrons. The summed E-state index contributed by atoms with van der Waals surface area (Å²) >= 11 is 5.94. The highest BCUT2D eigenvalue weighted by molar-refractivity contribution is 6.33. The van der Waals surface area contributed by atoms with Crippen molar-refractivity contribution >= 4 is 17.5 Å². The van der Waals surface area contributed by atoms with Gasteiger partial charge in [-0.2, -0.15) is 10.2 Å². The van der Waals surface area contributed by atoms with Crippen LogP contribution in [0.4, 0.5) is 5.88 Å². The van der Waals surface area contributed by atoms with Crippen LogP contribution in [0.25, 0.3) is 11.5 Å². The summed E-state index contributed by atoms with van der Waals surface area (Å²) < 4.78 is 5.13. The van der Waals surface area contributed by atoms with Gasteiger partial charge < -0.3 is 10.2 Å². The molecule has 74 valence electrons. The molecule has 4 nitrogen and oxygen atoms in total. The summed E-state index contributed by atoms with van der Waals surface area (Å²) in [4.78, 5) is 3.92. The maximum absolute atomic E-state index is 8.66. The first-order valence-corrected chi connectivity index (χ1v) is 4.51. The third kappa shape index (κ3) is 1.65. The molecule has 15 heavy (non-hydrogen) atoms. The zero-order valence-corrected chi connectivity index (χ0v) is 8.32. The Morgan fingerprint density at radius 2 is 2.13 bits per heavy atom. The predicted octanol–water partition coefficient (Wildman–Crippen LogP) is 2.45. The van der Waals surface area contributed by atoms with Crippen molar-refractivity contribution in [1.82, 2.24) is 4.98 Å². The van der Waals surface area contributed by atoms with Crippen LogP contribution in [0.15, 0.2) is 28.7 Å². The van der Waals surface area contributed by atoms with Crippen molar-refractivity contribution in [3.8, 4) is 17.5 Å². The minimum Gasteiger partial charge on any atom is -0.419 e. The van der Waals surface area contributed by atoms with Gasteiger partial charge in [-0.3, -0.25) is 0 Å². The van der Waals surface area contributed by atoms with Gasteiger partial charge in [0.1, 0.15) is 6.07 Å². The number of hydrogen-bond donors (Lipinski definition) is 1. The normalized spacial score (nSPS) is 9.87. The summed E-state index contributed by atoms with van der Waals surface area (Å²) in [6, 6.07) is 8.88. The van der Waals surface area contributed by atoms with E-state index in [-0.39, 0.29) is 17.5 Å². The third-order valence-corrected chi connectivity index (χ3v) is 2.19. The molecular formula is C10H6ClN3O. The number of hydrogen-bond acceptors (Lipinski definition) is 4. The molecule has 2 aromatic rings. The molecule has 0 bridgehead atoms. The zero-order valence-electron chi connectivity index (χ0n) is 7.57. The van der Waals surface area contributed by atoms with Crippen LogP contribution < -0.4 is 5.73 Å². The molecule has 0 aliphatic heterocycles. The monoisotopic (exact) mass is 219 g/mol. The second-order valence-electron chi connectivity index (χ2n) is 2.82. The molecule has 2 N–H and O–H groups in total. The van der Waals surface area contributed by atoms with Gasteiger partial charge in [-0.1, -0.05) is 23.7 Å². The van der Waals surface area contributed by atoms with E-state index in [0.29, 0.717) is 10.6 Å². The van der Waals surface area contributed by atoms with Crippen LogP contribution in [-0.4, -0.2) is 4.98 Å². The van der Waals surface area contributed by atoms with Crippen LogP contribution in [-0.2, 0) is 0 Å². The third-order valence-electron chi connectivity index (χ3n) is 1.86. The van der Waals surface area contributed by atoms with E-state index < -0.39 is 0 Å². The Balaban J connectivity index is 2.56. The smallest absolute Gasteiger partial charge is 0.231 e. The molecule has 0 aliphatic rings. The Labute approximate surface area is 90.9 Å².